The van der Waals surface area contributed by atoms with Gasteiger partial charge in [-0.3, -0.25) is 0 Å². The predicted octanol–water partition coefficient (Wildman–Crippen LogP) is 4.92. The van der Waals surface area contributed by atoms with E-state index in [1.165, 1.54) is 4.70 Å². The Morgan fingerprint density at radius 1 is 1.00 bits per heavy atom. The zero-order valence-electron chi connectivity index (χ0n) is 10.4. The normalized spacial score (nSPS) is 14.5. The molecule has 1 unspecified atom stereocenters. The molecule has 1 heterocycles. The van der Waals surface area contributed by atoms with Crippen molar-refractivity contribution in [2.45, 2.75) is 12.5 Å². The van der Waals surface area contributed by atoms with Gasteiger partial charge in [0.1, 0.15) is 5.60 Å². The summed E-state index contributed by atoms with van der Waals surface area (Å²) in [5, 5.41) is 12.1. The van der Waals surface area contributed by atoms with Crippen molar-refractivity contribution < 1.29 is 5.11 Å². The lowest BCUT2D eigenvalue weighted by Crippen LogP contribution is -2.21. The molecule has 0 fully saturated rings. The molecule has 1 nitrogen and oxygen atoms in total. The van der Waals surface area contributed by atoms with Gasteiger partial charge in [0, 0.05) is 14.6 Å². The van der Waals surface area contributed by atoms with Gasteiger partial charge in [0.25, 0.3) is 0 Å². The summed E-state index contributed by atoms with van der Waals surface area (Å²) in [5.41, 5.74) is -0.0775. The Hall–Kier alpha value is -1.16. The predicted molar refractivity (Wildman–Crippen MR) is 84.6 cm³/mol. The van der Waals surface area contributed by atoms with E-state index >= 15 is 0 Å². The van der Waals surface area contributed by atoms with Gasteiger partial charge in [-0.2, -0.15) is 0 Å². The quantitative estimate of drug-likeness (QED) is 0.706. The van der Waals surface area contributed by atoms with Gasteiger partial charge in [0.05, 0.1) is 4.88 Å². The smallest absolute Gasteiger partial charge is 0.122 e. The summed E-state index contributed by atoms with van der Waals surface area (Å²) < 4.78 is 2.17. The first-order chi connectivity index (χ1) is 9.10. The van der Waals surface area contributed by atoms with E-state index in [9.17, 15) is 5.11 Å². The molecular weight excluding hydrogens is 320 g/mol. The van der Waals surface area contributed by atoms with Gasteiger partial charge in [0.15, 0.2) is 0 Å². The minimum absolute atomic E-state index is 0.905. The third kappa shape index (κ3) is 2.12. The Morgan fingerprint density at radius 2 is 1.63 bits per heavy atom. The highest BCUT2D eigenvalue weighted by Crippen LogP contribution is 2.43. The Balaban J connectivity index is 2.21. The number of rotatable bonds is 2. The van der Waals surface area contributed by atoms with Crippen molar-refractivity contribution >= 4 is 37.4 Å². The van der Waals surface area contributed by atoms with Crippen molar-refractivity contribution in [1.29, 1.82) is 0 Å². The summed E-state index contributed by atoms with van der Waals surface area (Å²) in [6.07, 6.45) is 0. The van der Waals surface area contributed by atoms with Crippen molar-refractivity contribution in [1.82, 2.24) is 0 Å². The molecule has 0 spiro atoms. The zero-order valence-corrected chi connectivity index (χ0v) is 12.8. The molecule has 0 saturated heterocycles. The van der Waals surface area contributed by atoms with E-state index in [4.69, 9.17) is 0 Å². The van der Waals surface area contributed by atoms with Gasteiger partial charge < -0.3 is 5.11 Å². The van der Waals surface area contributed by atoms with Crippen LogP contribution in [0, 0.1) is 0 Å². The van der Waals surface area contributed by atoms with Crippen LogP contribution in [0.5, 0.6) is 0 Å². The first-order valence-electron chi connectivity index (χ1n) is 6.06. The first kappa shape index (κ1) is 12.9. The van der Waals surface area contributed by atoms with Gasteiger partial charge >= 0.3 is 0 Å². The number of thiophene rings is 1. The van der Waals surface area contributed by atoms with Crippen LogP contribution in [0.2, 0.25) is 0 Å². The van der Waals surface area contributed by atoms with Gasteiger partial charge in [-0.15, -0.1) is 11.3 Å². The molecule has 0 aliphatic rings. The molecule has 1 aromatic heterocycles. The van der Waals surface area contributed by atoms with Crippen molar-refractivity contribution in [3.05, 3.63) is 69.5 Å². The van der Waals surface area contributed by atoms with Gasteiger partial charge in [0.2, 0.25) is 0 Å². The topological polar surface area (TPSA) is 20.2 Å². The Morgan fingerprint density at radius 3 is 2.32 bits per heavy atom. The Kier molecular flexibility index (Phi) is 3.21. The molecule has 0 bridgehead atoms. The molecular formula is C16H13BrOS. The number of aliphatic hydroxyl groups is 1. The molecule has 3 aromatic rings. The molecule has 96 valence electrons. The second-order valence-electron chi connectivity index (χ2n) is 4.68. The fraction of sp³-hybridized carbons (Fsp3) is 0.125. The van der Waals surface area contributed by atoms with Crippen LogP contribution in [0.15, 0.2) is 59.1 Å². The zero-order chi connectivity index (χ0) is 13.5. The minimum Gasteiger partial charge on any atom is -0.380 e. The van der Waals surface area contributed by atoms with Crippen LogP contribution in [0.3, 0.4) is 0 Å². The molecule has 0 amide bonds. The summed E-state index contributed by atoms with van der Waals surface area (Å²) in [7, 11) is 0. The Labute approximate surface area is 124 Å². The summed E-state index contributed by atoms with van der Waals surface area (Å²) >= 11 is 5.26. The summed E-state index contributed by atoms with van der Waals surface area (Å²) in [5.74, 6) is 0. The largest absolute Gasteiger partial charge is 0.380 e. The van der Waals surface area contributed by atoms with E-state index in [2.05, 4.69) is 28.1 Å². The molecule has 0 aliphatic carbocycles. The molecule has 0 aliphatic heterocycles. The van der Waals surface area contributed by atoms with Crippen LogP contribution in [-0.2, 0) is 5.60 Å². The van der Waals surface area contributed by atoms with E-state index in [-0.39, 0.29) is 0 Å². The molecule has 0 radical (unpaired) electrons. The molecule has 2 aromatic carbocycles. The molecule has 3 rings (SSSR count). The van der Waals surface area contributed by atoms with E-state index < -0.39 is 5.60 Å². The van der Waals surface area contributed by atoms with Gasteiger partial charge in [-0.1, -0.05) is 48.5 Å². The maximum absolute atomic E-state index is 10.9. The number of fused-ring (bicyclic) bond motifs is 1. The first-order valence-corrected chi connectivity index (χ1v) is 7.67. The molecule has 19 heavy (non-hydrogen) atoms. The standard InChI is InChI=1S/C16H13BrOS/c1-16(18,11-7-3-2-4-8-11)15-14(17)12-9-5-6-10-13(12)19-15/h2-10,18H,1H3. The van der Waals surface area contributed by atoms with Gasteiger partial charge in [-0.25, -0.2) is 0 Å². The van der Waals surface area contributed by atoms with Crippen molar-refractivity contribution in [2.24, 2.45) is 0 Å². The third-order valence-corrected chi connectivity index (χ3v) is 5.78. The lowest BCUT2D eigenvalue weighted by atomic mass is 9.94. The fourth-order valence-electron chi connectivity index (χ4n) is 2.22. The van der Waals surface area contributed by atoms with Crippen LogP contribution < -0.4 is 0 Å². The highest BCUT2D eigenvalue weighted by molar-refractivity contribution is 9.10. The average molecular weight is 333 g/mol. The number of halogens is 1. The second kappa shape index (κ2) is 4.75. The molecule has 3 heteroatoms. The molecule has 1 atom stereocenters. The number of hydrogen-bond donors (Lipinski definition) is 1. The van der Waals surface area contributed by atoms with Crippen LogP contribution in [0.1, 0.15) is 17.4 Å². The van der Waals surface area contributed by atoms with Crippen molar-refractivity contribution in [3.63, 3.8) is 0 Å². The summed E-state index contributed by atoms with van der Waals surface area (Å²) in [6, 6.07) is 18.0. The van der Waals surface area contributed by atoms with E-state index in [1.807, 2.05) is 49.4 Å². The lowest BCUT2D eigenvalue weighted by molar-refractivity contribution is 0.106. The summed E-state index contributed by atoms with van der Waals surface area (Å²) in [6.45, 7) is 1.85. The van der Waals surface area contributed by atoms with Crippen LogP contribution in [-0.4, -0.2) is 5.11 Å². The van der Waals surface area contributed by atoms with E-state index in [1.54, 1.807) is 11.3 Å². The minimum atomic E-state index is -0.982. The average Bonchev–Trinajstić information content (AvgIpc) is 2.78. The molecule has 1 N–H and O–H groups in total. The monoisotopic (exact) mass is 332 g/mol. The fourth-order valence-corrected chi connectivity index (χ4v) is 4.49. The van der Waals surface area contributed by atoms with Crippen molar-refractivity contribution in [2.75, 3.05) is 0 Å². The number of hydrogen-bond acceptors (Lipinski definition) is 2. The third-order valence-electron chi connectivity index (χ3n) is 3.31. The second-order valence-corrected chi connectivity index (χ2v) is 6.52. The molecule has 0 saturated carbocycles. The van der Waals surface area contributed by atoms with Gasteiger partial charge in [-0.05, 0) is 34.5 Å². The van der Waals surface area contributed by atoms with Crippen LogP contribution >= 0.6 is 27.3 Å². The Bertz CT molecular complexity index is 716. The van der Waals surface area contributed by atoms with E-state index in [0.29, 0.717) is 0 Å². The summed E-state index contributed by atoms with van der Waals surface area (Å²) in [4.78, 5) is 0.944. The number of benzene rings is 2. The maximum Gasteiger partial charge on any atom is 0.122 e. The van der Waals surface area contributed by atoms with E-state index in [0.717, 1.165) is 20.3 Å². The van der Waals surface area contributed by atoms with Crippen LogP contribution in [0.4, 0.5) is 0 Å². The van der Waals surface area contributed by atoms with Crippen LogP contribution in [0.25, 0.3) is 10.1 Å². The SMILES string of the molecule is CC(O)(c1ccccc1)c1sc2ccccc2c1Br. The highest BCUT2D eigenvalue weighted by atomic mass is 79.9. The lowest BCUT2D eigenvalue weighted by Gasteiger charge is -2.23. The maximum atomic E-state index is 10.9. The highest BCUT2D eigenvalue weighted by Gasteiger charge is 2.30. The van der Waals surface area contributed by atoms with Crippen molar-refractivity contribution in [3.8, 4) is 0 Å².